The maximum Gasteiger partial charge on any atom is 0.301 e. The summed E-state index contributed by atoms with van der Waals surface area (Å²) in [7, 11) is 0. The minimum atomic E-state index is -0.709. The van der Waals surface area contributed by atoms with Gasteiger partial charge in [0.1, 0.15) is 18.0 Å². The van der Waals surface area contributed by atoms with Gasteiger partial charge in [-0.05, 0) is 30.3 Å². The summed E-state index contributed by atoms with van der Waals surface area (Å²) in [6.45, 7) is 0.0454. The van der Waals surface area contributed by atoms with Crippen LogP contribution in [0.5, 0.6) is 0 Å². The van der Waals surface area contributed by atoms with E-state index < -0.39 is 17.5 Å². The number of hydrogen-bond acceptors (Lipinski definition) is 4. The number of rotatable bonds is 2. The van der Waals surface area contributed by atoms with E-state index in [9.17, 15) is 14.0 Å². The quantitative estimate of drug-likeness (QED) is 0.676. The van der Waals surface area contributed by atoms with Crippen LogP contribution in [0, 0.1) is 5.82 Å². The highest BCUT2D eigenvalue weighted by Crippen LogP contribution is 2.30. The van der Waals surface area contributed by atoms with Gasteiger partial charge in [0.15, 0.2) is 0 Å². The molecule has 1 amide bonds. The van der Waals surface area contributed by atoms with Crippen molar-refractivity contribution >= 4 is 28.4 Å². The average Bonchev–Trinajstić information content (AvgIpc) is 3.03. The molecular formula is C15H9FN4O2. The standard InChI is InChI=1S/C15H9FN4O2/c16-9-5-6-12-10(7-9)14(21)15(22)19(12)8-20-13-4-2-1-3-11(13)17-18-20/h1-7H,8H2. The summed E-state index contributed by atoms with van der Waals surface area (Å²) < 4.78 is 14.8. The maximum absolute atomic E-state index is 13.3. The Bertz CT molecular complexity index is 934. The Hall–Kier alpha value is -3.09. The van der Waals surface area contributed by atoms with E-state index in [0.717, 1.165) is 11.6 Å². The molecule has 7 heteroatoms. The number of para-hydroxylation sites is 1. The van der Waals surface area contributed by atoms with Gasteiger partial charge in [-0.15, -0.1) is 5.10 Å². The fourth-order valence-corrected chi connectivity index (χ4v) is 2.57. The van der Waals surface area contributed by atoms with Crippen molar-refractivity contribution in [3.8, 4) is 0 Å². The number of Topliss-reactive ketones (excluding diaryl/α,β-unsaturated/α-hetero) is 1. The lowest BCUT2D eigenvalue weighted by atomic mass is 10.1. The molecule has 1 aliphatic rings. The third-order valence-corrected chi connectivity index (χ3v) is 3.63. The number of nitrogens with zero attached hydrogens (tertiary/aromatic N) is 4. The predicted octanol–water partition coefficient (Wildman–Crippen LogP) is 1.76. The molecule has 1 aromatic heterocycles. The Balaban J connectivity index is 1.78. The van der Waals surface area contributed by atoms with Gasteiger partial charge < -0.3 is 0 Å². The van der Waals surface area contributed by atoms with Crippen LogP contribution in [0.1, 0.15) is 10.4 Å². The zero-order chi connectivity index (χ0) is 15.3. The van der Waals surface area contributed by atoms with Crippen molar-refractivity contribution in [2.45, 2.75) is 6.67 Å². The summed E-state index contributed by atoms with van der Waals surface area (Å²) in [6, 6.07) is 11.0. The van der Waals surface area contributed by atoms with E-state index in [0.29, 0.717) is 11.2 Å². The maximum atomic E-state index is 13.3. The van der Waals surface area contributed by atoms with Crippen LogP contribution in [0.4, 0.5) is 10.1 Å². The molecular weight excluding hydrogens is 287 g/mol. The second kappa shape index (κ2) is 4.45. The van der Waals surface area contributed by atoms with Crippen molar-refractivity contribution in [1.82, 2.24) is 15.0 Å². The number of aromatic nitrogens is 3. The zero-order valence-corrected chi connectivity index (χ0v) is 11.2. The van der Waals surface area contributed by atoms with Crippen molar-refractivity contribution < 1.29 is 14.0 Å². The highest BCUT2D eigenvalue weighted by Gasteiger charge is 2.36. The molecule has 0 fully saturated rings. The smallest absolute Gasteiger partial charge is 0.285 e. The Morgan fingerprint density at radius 3 is 2.77 bits per heavy atom. The van der Waals surface area contributed by atoms with E-state index in [1.54, 1.807) is 6.07 Å². The van der Waals surface area contributed by atoms with E-state index in [2.05, 4.69) is 10.3 Å². The number of fused-ring (bicyclic) bond motifs is 2. The van der Waals surface area contributed by atoms with Crippen LogP contribution >= 0.6 is 0 Å². The van der Waals surface area contributed by atoms with Crippen LogP contribution in [0.15, 0.2) is 42.5 Å². The van der Waals surface area contributed by atoms with Crippen LogP contribution in [-0.4, -0.2) is 26.7 Å². The number of carbonyl (C=O) groups excluding carboxylic acids is 2. The Kier molecular flexibility index (Phi) is 2.56. The second-order valence-corrected chi connectivity index (χ2v) is 4.94. The summed E-state index contributed by atoms with van der Waals surface area (Å²) in [5.41, 5.74) is 1.91. The molecule has 4 rings (SSSR count). The number of amides is 1. The Morgan fingerprint density at radius 2 is 1.91 bits per heavy atom. The molecule has 22 heavy (non-hydrogen) atoms. The molecule has 0 spiro atoms. The molecule has 2 heterocycles. The average molecular weight is 296 g/mol. The Morgan fingerprint density at radius 1 is 1.09 bits per heavy atom. The summed E-state index contributed by atoms with van der Waals surface area (Å²) in [6.07, 6.45) is 0. The van der Waals surface area contributed by atoms with E-state index in [-0.39, 0.29) is 12.2 Å². The van der Waals surface area contributed by atoms with E-state index in [1.807, 2.05) is 18.2 Å². The van der Waals surface area contributed by atoms with Crippen molar-refractivity contribution in [1.29, 1.82) is 0 Å². The van der Waals surface area contributed by atoms with Crippen LogP contribution in [0.25, 0.3) is 11.0 Å². The molecule has 108 valence electrons. The van der Waals surface area contributed by atoms with Crippen molar-refractivity contribution in [2.24, 2.45) is 0 Å². The van der Waals surface area contributed by atoms with Gasteiger partial charge in [-0.3, -0.25) is 14.5 Å². The van der Waals surface area contributed by atoms with Gasteiger partial charge in [0.05, 0.1) is 16.8 Å². The fraction of sp³-hybridized carbons (Fsp3) is 0.0667. The van der Waals surface area contributed by atoms with Gasteiger partial charge in [-0.2, -0.15) is 0 Å². The highest BCUT2D eigenvalue weighted by molar-refractivity contribution is 6.52. The first-order valence-electron chi connectivity index (χ1n) is 6.59. The van der Waals surface area contributed by atoms with Crippen molar-refractivity contribution in [3.63, 3.8) is 0 Å². The highest BCUT2D eigenvalue weighted by atomic mass is 19.1. The SMILES string of the molecule is O=C1C(=O)N(Cn2nnc3ccccc32)c2ccc(F)cc21. The largest absolute Gasteiger partial charge is 0.301 e. The number of benzene rings is 2. The second-order valence-electron chi connectivity index (χ2n) is 4.94. The molecule has 0 radical (unpaired) electrons. The lowest BCUT2D eigenvalue weighted by Crippen LogP contribution is -2.32. The Labute approximate surface area is 123 Å². The zero-order valence-electron chi connectivity index (χ0n) is 11.2. The van der Waals surface area contributed by atoms with Gasteiger partial charge in [0, 0.05) is 0 Å². The molecule has 0 atom stereocenters. The van der Waals surface area contributed by atoms with Crippen molar-refractivity contribution in [2.75, 3.05) is 4.90 Å². The summed E-state index contributed by atoms with van der Waals surface area (Å²) in [4.78, 5) is 25.4. The van der Waals surface area contributed by atoms with Crippen LogP contribution in [-0.2, 0) is 11.5 Å². The van der Waals surface area contributed by atoms with E-state index in [1.165, 1.54) is 21.7 Å². The van der Waals surface area contributed by atoms with Gasteiger partial charge >= 0.3 is 5.91 Å². The van der Waals surface area contributed by atoms with Gasteiger partial charge in [-0.25, -0.2) is 9.07 Å². The number of carbonyl (C=O) groups is 2. The van der Waals surface area contributed by atoms with E-state index >= 15 is 0 Å². The molecule has 3 aromatic rings. The molecule has 6 nitrogen and oxygen atoms in total. The lowest BCUT2D eigenvalue weighted by Gasteiger charge is -2.16. The molecule has 0 saturated heterocycles. The van der Waals surface area contributed by atoms with Gasteiger partial charge in [0.25, 0.3) is 5.78 Å². The number of ketones is 1. The molecule has 1 aliphatic heterocycles. The van der Waals surface area contributed by atoms with Crippen LogP contribution in [0.2, 0.25) is 0 Å². The number of halogens is 1. The molecule has 0 bridgehead atoms. The van der Waals surface area contributed by atoms with E-state index in [4.69, 9.17) is 0 Å². The first kappa shape index (κ1) is 12.6. The monoisotopic (exact) mass is 296 g/mol. The van der Waals surface area contributed by atoms with Gasteiger partial charge in [-0.1, -0.05) is 17.3 Å². The molecule has 0 N–H and O–H groups in total. The normalized spacial score (nSPS) is 14.0. The lowest BCUT2D eigenvalue weighted by molar-refractivity contribution is -0.114. The topological polar surface area (TPSA) is 68.1 Å². The minimum Gasteiger partial charge on any atom is -0.285 e. The third kappa shape index (κ3) is 1.72. The summed E-state index contributed by atoms with van der Waals surface area (Å²) in [5.74, 6) is -1.95. The van der Waals surface area contributed by atoms with Crippen LogP contribution in [0.3, 0.4) is 0 Å². The van der Waals surface area contributed by atoms with Crippen LogP contribution < -0.4 is 4.90 Å². The minimum absolute atomic E-state index is 0.0454. The van der Waals surface area contributed by atoms with Gasteiger partial charge in [0.2, 0.25) is 0 Å². The number of hydrogen-bond donors (Lipinski definition) is 0. The first-order chi connectivity index (χ1) is 10.6. The molecule has 0 saturated carbocycles. The molecule has 0 aliphatic carbocycles. The van der Waals surface area contributed by atoms with Crippen molar-refractivity contribution in [3.05, 3.63) is 53.8 Å². The fourth-order valence-electron chi connectivity index (χ4n) is 2.57. The summed E-state index contributed by atoms with van der Waals surface area (Å²) >= 11 is 0. The first-order valence-corrected chi connectivity index (χ1v) is 6.59. The number of anilines is 1. The molecule has 0 unspecified atom stereocenters. The summed E-state index contributed by atoms with van der Waals surface area (Å²) in [5, 5.41) is 8.00. The predicted molar refractivity (Wildman–Crippen MR) is 75.7 cm³/mol. The third-order valence-electron chi connectivity index (χ3n) is 3.63. The molecule has 2 aromatic carbocycles.